The molecule has 0 spiro atoms. The Kier molecular flexibility index (Phi) is 8.38. The number of carbonyl (C=O) groups excluding carboxylic acids is 3. The van der Waals surface area contributed by atoms with E-state index in [4.69, 9.17) is 5.21 Å². The number of esters is 2. The third-order valence-electron chi connectivity index (χ3n) is 3.72. The third kappa shape index (κ3) is 6.07. The second-order valence-corrected chi connectivity index (χ2v) is 5.49. The van der Waals surface area contributed by atoms with Crippen LogP contribution in [-0.2, 0) is 9.47 Å². The van der Waals surface area contributed by atoms with Crippen molar-refractivity contribution in [2.45, 2.75) is 13.8 Å². The topological polar surface area (TPSA) is 102 Å². The average Bonchev–Trinajstić information content (AvgIpc) is 2.69. The smallest absolute Gasteiger partial charge is 0.337 e. The number of hydrogen-bond acceptors (Lipinski definition) is 7. The van der Waals surface area contributed by atoms with Crippen molar-refractivity contribution in [2.75, 3.05) is 14.2 Å². The summed E-state index contributed by atoms with van der Waals surface area (Å²) in [6.07, 6.45) is 2.00. The van der Waals surface area contributed by atoms with Crippen molar-refractivity contribution in [2.24, 2.45) is 5.16 Å². The Labute approximate surface area is 157 Å². The van der Waals surface area contributed by atoms with E-state index in [0.29, 0.717) is 22.3 Å². The first-order valence-corrected chi connectivity index (χ1v) is 7.88. The normalized spacial score (nSPS) is 9.93. The van der Waals surface area contributed by atoms with E-state index in [0.717, 1.165) is 17.4 Å². The molecule has 2 rings (SSSR count). The highest BCUT2D eigenvalue weighted by molar-refractivity contribution is 5.93. The van der Waals surface area contributed by atoms with Gasteiger partial charge in [0.1, 0.15) is 6.29 Å². The summed E-state index contributed by atoms with van der Waals surface area (Å²) in [6, 6.07) is 9.92. The second kappa shape index (κ2) is 10.5. The lowest BCUT2D eigenvalue weighted by Crippen LogP contribution is -2.02. The molecule has 2 aromatic carbocycles. The summed E-state index contributed by atoms with van der Waals surface area (Å²) in [7, 11) is 2.63. The van der Waals surface area contributed by atoms with Crippen molar-refractivity contribution in [1.82, 2.24) is 0 Å². The molecule has 2 aromatic rings. The first kappa shape index (κ1) is 21.6. The van der Waals surface area contributed by atoms with Crippen LogP contribution in [-0.4, -0.2) is 43.9 Å². The lowest BCUT2D eigenvalue weighted by Gasteiger charge is -2.02. The molecule has 0 radical (unpaired) electrons. The van der Waals surface area contributed by atoms with Crippen LogP contribution < -0.4 is 0 Å². The number of oxime groups is 1. The summed E-state index contributed by atoms with van der Waals surface area (Å²) < 4.78 is 9.08. The Morgan fingerprint density at radius 1 is 0.889 bits per heavy atom. The summed E-state index contributed by atoms with van der Waals surface area (Å²) in [5.74, 6) is -0.833. The van der Waals surface area contributed by atoms with Crippen LogP contribution in [0.2, 0.25) is 0 Å². The molecule has 27 heavy (non-hydrogen) atoms. The quantitative estimate of drug-likeness (QED) is 0.291. The van der Waals surface area contributed by atoms with Crippen molar-refractivity contribution >= 4 is 24.4 Å². The van der Waals surface area contributed by atoms with Crippen molar-refractivity contribution in [3.63, 3.8) is 0 Å². The number of methoxy groups -OCH3 is 2. The molecule has 0 bridgehead atoms. The fourth-order valence-corrected chi connectivity index (χ4v) is 2.10. The lowest BCUT2D eigenvalue weighted by molar-refractivity contribution is 0.0592. The van der Waals surface area contributed by atoms with Gasteiger partial charge in [-0.25, -0.2) is 9.59 Å². The van der Waals surface area contributed by atoms with E-state index >= 15 is 0 Å². The molecular formula is C20H21NO6. The molecule has 0 amide bonds. The maximum Gasteiger partial charge on any atom is 0.337 e. The number of ether oxygens (including phenoxy) is 2. The first-order valence-electron chi connectivity index (χ1n) is 7.88. The molecule has 0 unspecified atom stereocenters. The number of benzene rings is 2. The van der Waals surface area contributed by atoms with Gasteiger partial charge in [0.25, 0.3) is 0 Å². The number of carbonyl (C=O) groups is 3. The molecule has 0 aliphatic rings. The monoisotopic (exact) mass is 371 g/mol. The highest BCUT2D eigenvalue weighted by Crippen LogP contribution is 2.11. The van der Waals surface area contributed by atoms with Crippen LogP contribution in [0.25, 0.3) is 0 Å². The first-order chi connectivity index (χ1) is 12.9. The Morgan fingerprint density at radius 2 is 1.33 bits per heavy atom. The predicted molar refractivity (Wildman–Crippen MR) is 99.8 cm³/mol. The van der Waals surface area contributed by atoms with Gasteiger partial charge in [0.05, 0.1) is 31.6 Å². The highest BCUT2D eigenvalue weighted by Gasteiger charge is 2.07. The molecule has 0 aliphatic carbocycles. The van der Waals surface area contributed by atoms with E-state index in [-0.39, 0.29) is 0 Å². The number of aldehydes is 1. The van der Waals surface area contributed by atoms with E-state index in [1.54, 1.807) is 30.3 Å². The summed E-state index contributed by atoms with van der Waals surface area (Å²) in [6.45, 7) is 3.67. The molecule has 0 atom stereocenters. The Hall–Kier alpha value is -3.48. The van der Waals surface area contributed by atoms with E-state index in [9.17, 15) is 14.4 Å². The van der Waals surface area contributed by atoms with Crippen LogP contribution in [0.15, 0.2) is 41.6 Å². The Balaban J connectivity index is 0.000000271. The van der Waals surface area contributed by atoms with Gasteiger partial charge < -0.3 is 14.7 Å². The van der Waals surface area contributed by atoms with Crippen LogP contribution in [0.3, 0.4) is 0 Å². The van der Waals surface area contributed by atoms with Crippen LogP contribution in [0.4, 0.5) is 0 Å². The van der Waals surface area contributed by atoms with Gasteiger partial charge in [0.2, 0.25) is 0 Å². The van der Waals surface area contributed by atoms with Crippen LogP contribution in [0.5, 0.6) is 0 Å². The molecular weight excluding hydrogens is 350 g/mol. The van der Waals surface area contributed by atoms with Crippen LogP contribution in [0.1, 0.15) is 47.8 Å². The second-order valence-electron chi connectivity index (χ2n) is 5.49. The fraction of sp³-hybridized carbons (Fsp3) is 0.200. The number of rotatable bonds is 4. The molecule has 0 fully saturated rings. The van der Waals surface area contributed by atoms with Gasteiger partial charge in [-0.3, -0.25) is 4.79 Å². The molecule has 0 aliphatic heterocycles. The van der Waals surface area contributed by atoms with Crippen LogP contribution in [0, 0.1) is 13.8 Å². The van der Waals surface area contributed by atoms with E-state index < -0.39 is 11.9 Å². The van der Waals surface area contributed by atoms with Gasteiger partial charge in [-0.2, -0.15) is 0 Å². The maximum atomic E-state index is 11.2. The zero-order valence-corrected chi connectivity index (χ0v) is 15.6. The Bertz CT molecular complexity index is 858. The zero-order valence-electron chi connectivity index (χ0n) is 15.6. The van der Waals surface area contributed by atoms with Crippen molar-refractivity contribution in [3.05, 3.63) is 69.8 Å². The van der Waals surface area contributed by atoms with Crippen LogP contribution >= 0.6 is 0 Å². The molecule has 0 heterocycles. The van der Waals surface area contributed by atoms with E-state index in [1.807, 2.05) is 13.8 Å². The van der Waals surface area contributed by atoms with Crippen molar-refractivity contribution < 1.29 is 29.1 Å². The molecule has 0 saturated carbocycles. The Morgan fingerprint density at radius 3 is 1.74 bits per heavy atom. The SMILES string of the molecule is COC(=O)c1ccc(C)c(C=NO)c1.COC(=O)c1ccc(C)c(C=O)c1. The summed E-state index contributed by atoms with van der Waals surface area (Å²) in [4.78, 5) is 32.7. The average molecular weight is 371 g/mol. The van der Waals surface area contributed by atoms with Gasteiger partial charge in [-0.1, -0.05) is 17.3 Å². The summed E-state index contributed by atoms with van der Waals surface area (Å²) in [5.41, 5.74) is 3.82. The zero-order chi connectivity index (χ0) is 20.4. The minimum absolute atomic E-state index is 0.398. The van der Waals surface area contributed by atoms with E-state index in [1.165, 1.54) is 26.5 Å². The van der Waals surface area contributed by atoms with Crippen molar-refractivity contribution in [1.29, 1.82) is 0 Å². The van der Waals surface area contributed by atoms with E-state index in [2.05, 4.69) is 14.6 Å². The number of hydrogen-bond donors (Lipinski definition) is 1. The molecule has 0 saturated heterocycles. The minimum Gasteiger partial charge on any atom is -0.465 e. The van der Waals surface area contributed by atoms with Gasteiger partial charge in [0.15, 0.2) is 0 Å². The van der Waals surface area contributed by atoms with Gasteiger partial charge in [0, 0.05) is 5.56 Å². The molecule has 142 valence electrons. The minimum atomic E-state index is -0.428. The predicted octanol–water partition coefficient (Wildman–Crippen LogP) is 3.18. The molecule has 7 nitrogen and oxygen atoms in total. The third-order valence-corrected chi connectivity index (χ3v) is 3.72. The maximum absolute atomic E-state index is 11.2. The molecule has 7 heteroatoms. The van der Waals surface area contributed by atoms with Crippen molar-refractivity contribution in [3.8, 4) is 0 Å². The lowest BCUT2D eigenvalue weighted by atomic mass is 10.1. The molecule has 0 aromatic heterocycles. The van der Waals surface area contributed by atoms with Gasteiger partial charge >= 0.3 is 11.9 Å². The highest BCUT2D eigenvalue weighted by atomic mass is 16.5. The standard InChI is InChI=1S/C10H11NO3.C10H10O3/c1-7-3-4-8(10(12)14-2)5-9(7)6-11-13;1-7-3-4-8(10(12)13-2)5-9(7)6-11/h3-6,13H,1-2H3;3-6H,1-2H3. The largest absolute Gasteiger partial charge is 0.465 e. The molecule has 1 N–H and O–H groups in total. The summed E-state index contributed by atoms with van der Waals surface area (Å²) >= 11 is 0. The fourth-order valence-electron chi connectivity index (χ4n) is 2.10. The summed E-state index contributed by atoms with van der Waals surface area (Å²) in [5, 5.41) is 11.3. The number of nitrogens with zero attached hydrogens (tertiary/aromatic N) is 1. The van der Waals surface area contributed by atoms with Gasteiger partial charge in [-0.05, 0) is 54.8 Å². The number of aryl methyl sites for hydroxylation is 2. The van der Waals surface area contributed by atoms with Gasteiger partial charge in [-0.15, -0.1) is 0 Å².